The largest absolute Gasteiger partial charge is 0.382 e. The summed E-state index contributed by atoms with van der Waals surface area (Å²) in [6.45, 7) is 0.443. The molecule has 0 aromatic carbocycles. The van der Waals surface area contributed by atoms with Crippen LogP contribution in [-0.2, 0) is 23.7 Å². The molecule has 1 heterocycles. The van der Waals surface area contributed by atoms with E-state index in [4.69, 9.17) is 23.7 Å². The number of rotatable bonds is 6. The molecular formula is C12H25NO5. The van der Waals surface area contributed by atoms with E-state index in [0.717, 1.165) is 0 Å². The molecule has 108 valence electrons. The van der Waals surface area contributed by atoms with Crippen LogP contribution in [0.25, 0.3) is 0 Å². The van der Waals surface area contributed by atoms with E-state index >= 15 is 0 Å². The molecule has 6 nitrogen and oxygen atoms in total. The SMILES string of the molecule is COC[C@H]1O[C@H](OC)[C@H](N(C)C)[C@@H](OC)[C@@H]1OC. The highest BCUT2D eigenvalue weighted by molar-refractivity contribution is 4.95. The third-order valence-corrected chi connectivity index (χ3v) is 3.32. The molecule has 5 atom stereocenters. The first-order valence-electron chi connectivity index (χ1n) is 5.99. The van der Waals surface area contributed by atoms with Crippen molar-refractivity contribution in [2.45, 2.75) is 30.6 Å². The first kappa shape index (κ1) is 15.8. The molecule has 0 saturated carbocycles. The molecule has 0 bridgehead atoms. The Balaban J connectivity index is 2.93. The number of methoxy groups -OCH3 is 4. The summed E-state index contributed by atoms with van der Waals surface area (Å²) in [6.07, 6.45) is -0.889. The molecule has 1 aliphatic rings. The monoisotopic (exact) mass is 263 g/mol. The van der Waals surface area contributed by atoms with Crippen LogP contribution in [0.3, 0.4) is 0 Å². The van der Waals surface area contributed by atoms with Crippen molar-refractivity contribution in [1.29, 1.82) is 0 Å². The Morgan fingerprint density at radius 3 is 1.94 bits per heavy atom. The van der Waals surface area contributed by atoms with Gasteiger partial charge in [0, 0.05) is 28.4 Å². The van der Waals surface area contributed by atoms with Crippen molar-refractivity contribution in [2.75, 3.05) is 49.1 Å². The van der Waals surface area contributed by atoms with Gasteiger partial charge in [0.05, 0.1) is 12.6 Å². The third-order valence-electron chi connectivity index (χ3n) is 3.32. The van der Waals surface area contributed by atoms with Gasteiger partial charge in [-0.15, -0.1) is 0 Å². The van der Waals surface area contributed by atoms with Crippen molar-refractivity contribution in [1.82, 2.24) is 4.90 Å². The van der Waals surface area contributed by atoms with Gasteiger partial charge in [0.1, 0.15) is 18.3 Å². The molecule has 18 heavy (non-hydrogen) atoms. The maximum Gasteiger partial charge on any atom is 0.175 e. The van der Waals surface area contributed by atoms with Crippen LogP contribution < -0.4 is 0 Å². The highest BCUT2D eigenvalue weighted by atomic mass is 16.7. The fourth-order valence-electron chi connectivity index (χ4n) is 2.48. The van der Waals surface area contributed by atoms with Gasteiger partial charge in [-0.3, -0.25) is 4.90 Å². The minimum Gasteiger partial charge on any atom is -0.382 e. The summed E-state index contributed by atoms with van der Waals surface area (Å²) in [5, 5.41) is 0. The summed E-state index contributed by atoms with van der Waals surface area (Å²) in [7, 11) is 10.5. The van der Waals surface area contributed by atoms with Crippen molar-refractivity contribution in [2.24, 2.45) is 0 Å². The molecule has 0 radical (unpaired) electrons. The third kappa shape index (κ3) is 3.20. The average Bonchev–Trinajstić information content (AvgIpc) is 2.36. The molecule has 0 N–H and O–H groups in total. The van der Waals surface area contributed by atoms with Gasteiger partial charge in [0.25, 0.3) is 0 Å². The zero-order chi connectivity index (χ0) is 13.7. The maximum absolute atomic E-state index is 5.89. The van der Waals surface area contributed by atoms with Crippen molar-refractivity contribution in [3.05, 3.63) is 0 Å². The molecule has 0 amide bonds. The number of ether oxygens (including phenoxy) is 5. The fourth-order valence-corrected chi connectivity index (χ4v) is 2.48. The second kappa shape index (κ2) is 7.37. The van der Waals surface area contributed by atoms with E-state index in [-0.39, 0.29) is 30.6 Å². The average molecular weight is 263 g/mol. The first-order chi connectivity index (χ1) is 8.60. The summed E-state index contributed by atoms with van der Waals surface area (Å²) in [4.78, 5) is 2.03. The van der Waals surface area contributed by atoms with E-state index in [1.54, 1.807) is 28.4 Å². The molecule has 6 heteroatoms. The van der Waals surface area contributed by atoms with Crippen molar-refractivity contribution in [3.8, 4) is 0 Å². The standard InChI is InChI=1S/C12H25NO5/c1-13(2)9-11(16-5)10(15-4)8(7-14-3)18-12(9)17-6/h8-12H,7H2,1-6H3/t8-,9-,10-,11-,12+/m1/s1. The van der Waals surface area contributed by atoms with Gasteiger partial charge in [-0.05, 0) is 14.1 Å². The summed E-state index contributed by atoms with van der Waals surface area (Å²) >= 11 is 0. The second-order valence-corrected chi connectivity index (χ2v) is 4.59. The number of hydrogen-bond donors (Lipinski definition) is 0. The number of likely N-dealkylation sites (N-methyl/N-ethyl adjacent to an activating group) is 1. The van der Waals surface area contributed by atoms with Crippen molar-refractivity contribution < 1.29 is 23.7 Å². The van der Waals surface area contributed by atoms with Gasteiger partial charge in [-0.1, -0.05) is 0 Å². The molecule has 1 fully saturated rings. The lowest BCUT2D eigenvalue weighted by Crippen LogP contribution is -2.64. The fraction of sp³-hybridized carbons (Fsp3) is 1.00. The van der Waals surface area contributed by atoms with E-state index in [1.165, 1.54) is 0 Å². The second-order valence-electron chi connectivity index (χ2n) is 4.59. The normalized spacial score (nSPS) is 37.2. The van der Waals surface area contributed by atoms with Crippen molar-refractivity contribution in [3.63, 3.8) is 0 Å². The Bertz CT molecular complexity index is 239. The number of nitrogens with zero attached hydrogens (tertiary/aromatic N) is 1. The van der Waals surface area contributed by atoms with Gasteiger partial charge < -0.3 is 23.7 Å². The summed E-state index contributed by atoms with van der Waals surface area (Å²) in [6, 6.07) is -0.0296. The Kier molecular flexibility index (Phi) is 6.48. The van der Waals surface area contributed by atoms with Crippen LogP contribution in [0, 0.1) is 0 Å². The topological polar surface area (TPSA) is 49.4 Å². The Morgan fingerprint density at radius 1 is 0.944 bits per heavy atom. The van der Waals surface area contributed by atoms with Crippen LogP contribution in [0.2, 0.25) is 0 Å². The molecule has 0 aromatic heterocycles. The Labute approximate surface area is 109 Å². The lowest BCUT2D eigenvalue weighted by molar-refractivity contribution is -0.286. The lowest BCUT2D eigenvalue weighted by atomic mass is 9.95. The summed E-state index contributed by atoms with van der Waals surface area (Å²) in [5.74, 6) is 0. The predicted molar refractivity (Wildman–Crippen MR) is 66.6 cm³/mol. The molecule has 0 aromatic rings. The molecular weight excluding hydrogens is 238 g/mol. The van der Waals surface area contributed by atoms with Crippen molar-refractivity contribution >= 4 is 0 Å². The smallest absolute Gasteiger partial charge is 0.175 e. The van der Waals surface area contributed by atoms with Gasteiger partial charge in [0.2, 0.25) is 0 Å². The van der Waals surface area contributed by atoms with E-state index in [9.17, 15) is 0 Å². The molecule has 1 saturated heterocycles. The highest BCUT2D eigenvalue weighted by Gasteiger charge is 2.47. The van der Waals surface area contributed by atoms with Gasteiger partial charge in [-0.2, -0.15) is 0 Å². The molecule has 0 spiro atoms. The quantitative estimate of drug-likeness (QED) is 0.670. The zero-order valence-electron chi connectivity index (χ0n) is 12.1. The first-order valence-corrected chi connectivity index (χ1v) is 5.99. The molecule has 1 rings (SSSR count). The number of hydrogen-bond acceptors (Lipinski definition) is 6. The van der Waals surface area contributed by atoms with E-state index < -0.39 is 0 Å². The van der Waals surface area contributed by atoms with Gasteiger partial charge >= 0.3 is 0 Å². The summed E-state index contributed by atoms with van der Waals surface area (Å²) < 4.78 is 27.6. The predicted octanol–water partition coefficient (Wildman–Crippen LogP) is -0.0357. The summed E-state index contributed by atoms with van der Waals surface area (Å²) in [5.41, 5.74) is 0. The minimum atomic E-state index is -0.364. The highest BCUT2D eigenvalue weighted by Crippen LogP contribution is 2.28. The zero-order valence-corrected chi connectivity index (χ0v) is 12.1. The molecule has 1 aliphatic heterocycles. The molecule has 0 aliphatic carbocycles. The molecule has 0 unspecified atom stereocenters. The van der Waals surface area contributed by atoms with E-state index in [0.29, 0.717) is 6.61 Å². The van der Waals surface area contributed by atoms with Gasteiger partial charge in [-0.25, -0.2) is 0 Å². The van der Waals surface area contributed by atoms with Crippen LogP contribution >= 0.6 is 0 Å². The van der Waals surface area contributed by atoms with Gasteiger partial charge in [0.15, 0.2) is 6.29 Å². The Hall–Kier alpha value is -0.240. The Morgan fingerprint density at radius 2 is 1.56 bits per heavy atom. The van der Waals surface area contributed by atoms with Crippen LogP contribution in [0.5, 0.6) is 0 Å². The lowest BCUT2D eigenvalue weighted by Gasteiger charge is -2.47. The van der Waals surface area contributed by atoms with Crippen LogP contribution in [-0.4, -0.2) is 84.7 Å². The van der Waals surface area contributed by atoms with Crippen LogP contribution in [0.4, 0.5) is 0 Å². The van der Waals surface area contributed by atoms with Crippen LogP contribution in [0.1, 0.15) is 0 Å². The maximum atomic E-state index is 5.89. The van der Waals surface area contributed by atoms with E-state index in [2.05, 4.69) is 0 Å². The minimum absolute atomic E-state index is 0.0296. The van der Waals surface area contributed by atoms with Crippen LogP contribution in [0.15, 0.2) is 0 Å². The van der Waals surface area contributed by atoms with E-state index in [1.807, 2.05) is 19.0 Å².